The average Bonchev–Trinajstić information content (AvgIpc) is 3.15. The van der Waals surface area contributed by atoms with Crippen molar-refractivity contribution in [1.29, 1.82) is 0 Å². The van der Waals surface area contributed by atoms with Gasteiger partial charge in [0.15, 0.2) is 0 Å². The van der Waals surface area contributed by atoms with Crippen molar-refractivity contribution in [2.45, 2.75) is 78.7 Å². The van der Waals surface area contributed by atoms with Crippen molar-refractivity contribution in [3.8, 4) is 5.75 Å². The van der Waals surface area contributed by atoms with Gasteiger partial charge in [0.1, 0.15) is 11.6 Å². The largest absolute Gasteiger partial charge is 0.493 e. The number of hydrogen-bond donors (Lipinski definition) is 1. The first-order valence-electron chi connectivity index (χ1n) is 12.5. The Morgan fingerprint density at radius 2 is 1.88 bits per heavy atom. The molecular weight excluding hydrogens is 410 g/mol. The molecule has 0 bridgehead atoms. The number of benzene rings is 2. The Balaban J connectivity index is 1.47. The lowest BCUT2D eigenvalue weighted by Crippen LogP contribution is -2.23. The number of carbonyl (C=O) groups is 1. The van der Waals surface area contributed by atoms with E-state index >= 15 is 0 Å². The number of para-hydroxylation sites is 2. The monoisotopic (exact) mass is 449 g/mol. The van der Waals surface area contributed by atoms with Crippen LogP contribution < -0.4 is 10.1 Å². The number of imidazole rings is 1. The van der Waals surface area contributed by atoms with E-state index in [0.717, 1.165) is 75.9 Å². The van der Waals surface area contributed by atoms with Gasteiger partial charge in [0.05, 0.1) is 17.6 Å². The van der Waals surface area contributed by atoms with E-state index in [9.17, 15) is 4.79 Å². The summed E-state index contributed by atoms with van der Waals surface area (Å²) in [5.41, 5.74) is 4.71. The van der Waals surface area contributed by atoms with E-state index in [4.69, 9.17) is 9.72 Å². The first kappa shape index (κ1) is 24.8. The minimum Gasteiger partial charge on any atom is -0.493 e. The number of fused-ring (bicyclic) bond motifs is 1. The molecule has 0 aliphatic carbocycles. The minimum absolute atomic E-state index is 0.167. The molecule has 1 amide bonds. The highest BCUT2D eigenvalue weighted by Gasteiger charge is 2.10. The zero-order chi connectivity index (χ0) is 23.5. The summed E-state index contributed by atoms with van der Waals surface area (Å²) >= 11 is 0. The van der Waals surface area contributed by atoms with Crippen LogP contribution in [0.25, 0.3) is 11.0 Å². The number of carbonyl (C=O) groups excluding carboxylic acids is 1. The molecule has 0 fully saturated rings. The highest BCUT2D eigenvalue weighted by molar-refractivity contribution is 5.76. The lowest BCUT2D eigenvalue weighted by atomic mass is 10.1. The molecule has 0 aliphatic heterocycles. The summed E-state index contributed by atoms with van der Waals surface area (Å²) in [4.78, 5) is 16.5. The second-order valence-corrected chi connectivity index (χ2v) is 8.90. The molecule has 3 rings (SSSR count). The number of amides is 1. The van der Waals surface area contributed by atoms with E-state index in [0.29, 0.717) is 6.42 Å². The molecule has 0 spiro atoms. The van der Waals surface area contributed by atoms with Gasteiger partial charge >= 0.3 is 0 Å². The molecular formula is C28H39N3O2. The van der Waals surface area contributed by atoms with E-state index in [-0.39, 0.29) is 5.91 Å². The Morgan fingerprint density at radius 3 is 2.73 bits per heavy atom. The van der Waals surface area contributed by atoms with Crippen molar-refractivity contribution in [2.75, 3.05) is 13.2 Å². The molecule has 0 radical (unpaired) electrons. The summed E-state index contributed by atoms with van der Waals surface area (Å²) in [6.45, 7) is 8.69. The molecule has 0 atom stereocenters. The van der Waals surface area contributed by atoms with Crippen LogP contribution in [0.1, 0.15) is 68.8 Å². The number of aromatic nitrogens is 2. The topological polar surface area (TPSA) is 56.2 Å². The molecule has 0 saturated carbocycles. The average molecular weight is 450 g/mol. The van der Waals surface area contributed by atoms with Crippen molar-refractivity contribution in [1.82, 2.24) is 14.9 Å². The molecule has 3 aromatic rings. The van der Waals surface area contributed by atoms with Gasteiger partial charge in [0.2, 0.25) is 5.91 Å². The number of ether oxygens (including phenoxy) is 1. The SMILES string of the molecule is CCCC(=O)NCCCCCc1nc2ccccc2n1CCCCOc1cc(C)ccc1C. The summed E-state index contributed by atoms with van der Waals surface area (Å²) in [5, 5.41) is 3.00. The zero-order valence-corrected chi connectivity index (χ0v) is 20.5. The van der Waals surface area contributed by atoms with Crippen LogP contribution in [0.4, 0.5) is 0 Å². The fourth-order valence-corrected chi connectivity index (χ4v) is 4.11. The highest BCUT2D eigenvalue weighted by Crippen LogP contribution is 2.21. The zero-order valence-electron chi connectivity index (χ0n) is 20.5. The summed E-state index contributed by atoms with van der Waals surface area (Å²) in [6, 6.07) is 14.8. The number of rotatable bonds is 14. The van der Waals surface area contributed by atoms with Crippen molar-refractivity contribution in [2.24, 2.45) is 0 Å². The molecule has 33 heavy (non-hydrogen) atoms. The summed E-state index contributed by atoms with van der Waals surface area (Å²) < 4.78 is 8.42. The van der Waals surface area contributed by atoms with E-state index in [1.807, 2.05) is 6.92 Å². The Bertz CT molecular complexity index is 1030. The number of aryl methyl sites for hydroxylation is 4. The fraction of sp³-hybridized carbons (Fsp3) is 0.500. The number of nitrogens with zero attached hydrogens (tertiary/aromatic N) is 2. The third-order valence-corrected chi connectivity index (χ3v) is 5.99. The quantitative estimate of drug-likeness (QED) is 0.301. The number of unbranched alkanes of at least 4 members (excludes halogenated alkanes) is 3. The van der Waals surface area contributed by atoms with Crippen molar-refractivity contribution in [3.05, 3.63) is 59.4 Å². The Morgan fingerprint density at radius 1 is 1.03 bits per heavy atom. The molecule has 1 aromatic heterocycles. The van der Waals surface area contributed by atoms with E-state index in [2.05, 4.69) is 66.2 Å². The van der Waals surface area contributed by atoms with Crippen LogP contribution in [0, 0.1) is 13.8 Å². The molecule has 5 heteroatoms. The van der Waals surface area contributed by atoms with Gasteiger partial charge < -0.3 is 14.6 Å². The Labute approximate surface area is 198 Å². The second kappa shape index (κ2) is 13.0. The third-order valence-electron chi connectivity index (χ3n) is 5.99. The van der Waals surface area contributed by atoms with Gasteiger partial charge in [-0.2, -0.15) is 0 Å². The van der Waals surface area contributed by atoms with Crippen LogP contribution in [0.5, 0.6) is 5.75 Å². The normalized spacial score (nSPS) is 11.1. The van der Waals surface area contributed by atoms with E-state index in [1.165, 1.54) is 22.5 Å². The smallest absolute Gasteiger partial charge is 0.219 e. The van der Waals surface area contributed by atoms with Gasteiger partial charge in [-0.3, -0.25) is 4.79 Å². The van der Waals surface area contributed by atoms with Gasteiger partial charge in [-0.15, -0.1) is 0 Å². The number of hydrogen-bond acceptors (Lipinski definition) is 3. The molecule has 1 N–H and O–H groups in total. The van der Waals surface area contributed by atoms with Crippen molar-refractivity contribution >= 4 is 16.9 Å². The van der Waals surface area contributed by atoms with Gasteiger partial charge in [-0.05, 0) is 75.3 Å². The first-order valence-corrected chi connectivity index (χ1v) is 12.5. The predicted molar refractivity (Wildman–Crippen MR) is 136 cm³/mol. The maximum Gasteiger partial charge on any atom is 0.219 e. The molecule has 0 saturated heterocycles. The molecule has 0 unspecified atom stereocenters. The second-order valence-electron chi connectivity index (χ2n) is 8.90. The van der Waals surface area contributed by atoms with Gasteiger partial charge in [-0.1, -0.05) is 37.6 Å². The lowest BCUT2D eigenvalue weighted by molar-refractivity contribution is -0.121. The fourth-order valence-electron chi connectivity index (χ4n) is 4.11. The van der Waals surface area contributed by atoms with Gasteiger partial charge in [0, 0.05) is 25.9 Å². The van der Waals surface area contributed by atoms with Crippen molar-refractivity contribution < 1.29 is 9.53 Å². The molecule has 5 nitrogen and oxygen atoms in total. The molecule has 0 aliphatic rings. The van der Waals surface area contributed by atoms with Gasteiger partial charge in [0.25, 0.3) is 0 Å². The standard InChI is InChI=1S/C28H39N3O2/c1-4-12-28(32)29-18-9-5-6-15-27-30-24-13-7-8-14-25(24)31(27)19-10-11-20-33-26-21-22(2)16-17-23(26)3/h7-8,13-14,16-17,21H,4-6,9-12,15,18-20H2,1-3H3,(H,29,32). The molecule has 178 valence electrons. The Hall–Kier alpha value is -2.82. The molecule has 2 aromatic carbocycles. The summed E-state index contributed by atoms with van der Waals surface area (Å²) in [6.07, 6.45) is 7.77. The van der Waals surface area contributed by atoms with Crippen LogP contribution in [0.2, 0.25) is 0 Å². The number of nitrogens with one attached hydrogen (secondary N) is 1. The maximum atomic E-state index is 11.6. The first-order chi connectivity index (χ1) is 16.1. The van der Waals surface area contributed by atoms with E-state index in [1.54, 1.807) is 0 Å². The van der Waals surface area contributed by atoms with Gasteiger partial charge in [-0.25, -0.2) is 4.98 Å². The minimum atomic E-state index is 0.167. The van der Waals surface area contributed by atoms with Crippen LogP contribution >= 0.6 is 0 Å². The van der Waals surface area contributed by atoms with Crippen LogP contribution in [0.3, 0.4) is 0 Å². The maximum absolute atomic E-state index is 11.6. The highest BCUT2D eigenvalue weighted by atomic mass is 16.5. The summed E-state index contributed by atoms with van der Waals surface area (Å²) in [5.74, 6) is 2.33. The predicted octanol–water partition coefficient (Wildman–Crippen LogP) is 6.14. The van der Waals surface area contributed by atoms with E-state index < -0.39 is 0 Å². The van der Waals surface area contributed by atoms with Crippen molar-refractivity contribution in [3.63, 3.8) is 0 Å². The van der Waals surface area contributed by atoms with Crippen LogP contribution in [0.15, 0.2) is 42.5 Å². The Kier molecular flexibility index (Phi) is 9.79. The van der Waals surface area contributed by atoms with Crippen LogP contribution in [-0.4, -0.2) is 28.6 Å². The summed E-state index contributed by atoms with van der Waals surface area (Å²) in [7, 11) is 0. The lowest BCUT2D eigenvalue weighted by Gasteiger charge is -2.12. The third kappa shape index (κ3) is 7.62. The molecule has 1 heterocycles. The van der Waals surface area contributed by atoms with Crippen LogP contribution in [-0.2, 0) is 17.8 Å².